The first kappa shape index (κ1) is 16.5. The van der Waals surface area contributed by atoms with Crippen LogP contribution in [0.15, 0.2) is 53.6 Å². The topological polar surface area (TPSA) is 55.6 Å². The van der Waals surface area contributed by atoms with Crippen molar-refractivity contribution in [1.29, 1.82) is 0 Å². The van der Waals surface area contributed by atoms with Crippen molar-refractivity contribution in [2.45, 2.75) is 25.2 Å². The number of hydrogen-bond donors (Lipinski definition) is 0. The van der Waals surface area contributed by atoms with Crippen molar-refractivity contribution in [3.05, 3.63) is 59.9 Å². The summed E-state index contributed by atoms with van der Waals surface area (Å²) in [7, 11) is -3.22. The van der Waals surface area contributed by atoms with E-state index in [0.29, 0.717) is 10.6 Å². The molecular formula is C19H19NO3S. The lowest BCUT2D eigenvalue weighted by atomic mass is 10.1. The minimum Gasteiger partial charge on any atom is -0.313 e. The van der Waals surface area contributed by atoms with E-state index >= 15 is 0 Å². The smallest absolute Gasteiger partial charge is 0.178 e. The van der Waals surface area contributed by atoms with Crippen molar-refractivity contribution >= 4 is 21.6 Å². The Morgan fingerprint density at radius 1 is 1.04 bits per heavy atom. The van der Waals surface area contributed by atoms with Crippen LogP contribution in [0.5, 0.6) is 0 Å². The average Bonchev–Trinajstić information content (AvgIpc) is 2.99. The quantitative estimate of drug-likeness (QED) is 0.664. The van der Waals surface area contributed by atoms with Gasteiger partial charge < -0.3 is 4.40 Å². The van der Waals surface area contributed by atoms with Gasteiger partial charge in [-0.2, -0.15) is 0 Å². The Morgan fingerprint density at radius 2 is 1.75 bits per heavy atom. The molecule has 3 rings (SSSR count). The van der Waals surface area contributed by atoms with Crippen molar-refractivity contribution in [2.75, 3.05) is 5.75 Å². The number of pyridine rings is 1. The molecule has 0 bridgehead atoms. The Labute approximate surface area is 141 Å². The van der Waals surface area contributed by atoms with Gasteiger partial charge in [0.05, 0.1) is 16.3 Å². The number of rotatable bonds is 5. The maximum absolute atomic E-state index is 11.9. The molecule has 5 heteroatoms. The fraction of sp³-hybridized carbons (Fsp3) is 0.211. The second-order valence-electron chi connectivity index (χ2n) is 5.67. The number of aromatic nitrogens is 1. The number of sulfone groups is 1. The van der Waals surface area contributed by atoms with Gasteiger partial charge in [0, 0.05) is 17.3 Å². The molecule has 0 aliphatic rings. The Balaban J connectivity index is 2.14. The first-order valence-corrected chi connectivity index (χ1v) is 9.57. The highest BCUT2D eigenvalue weighted by atomic mass is 32.2. The maximum Gasteiger partial charge on any atom is 0.178 e. The summed E-state index contributed by atoms with van der Waals surface area (Å²) in [4.78, 5) is 11.9. The molecule has 2 heterocycles. The Hall–Kier alpha value is -2.40. The Morgan fingerprint density at radius 3 is 2.33 bits per heavy atom. The molecule has 1 aromatic carbocycles. The van der Waals surface area contributed by atoms with Gasteiger partial charge in [0.2, 0.25) is 0 Å². The van der Waals surface area contributed by atoms with E-state index in [9.17, 15) is 13.2 Å². The van der Waals surface area contributed by atoms with Crippen LogP contribution in [0.1, 0.15) is 29.9 Å². The van der Waals surface area contributed by atoms with E-state index in [1.54, 1.807) is 31.2 Å². The minimum atomic E-state index is -3.22. The van der Waals surface area contributed by atoms with Crippen molar-refractivity contribution in [2.24, 2.45) is 0 Å². The molecule has 0 saturated carbocycles. The minimum absolute atomic E-state index is 0.0713. The SMILES string of the molecule is CCc1ccc2cc(-c3ccc(S(=O)(=O)CC)cc3)c(C=O)n2c1. The van der Waals surface area contributed by atoms with Gasteiger partial charge in [-0.25, -0.2) is 8.42 Å². The molecule has 2 aromatic heterocycles. The van der Waals surface area contributed by atoms with Gasteiger partial charge in [-0.05, 0) is 41.8 Å². The molecular weight excluding hydrogens is 322 g/mol. The summed E-state index contributed by atoms with van der Waals surface area (Å²) < 4.78 is 25.7. The van der Waals surface area contributed by atoms with Gasteiger partial charge >= 0.3 is 0 Å². The van der Waals surface area contributed by atoms with Gasteiger partial charge in [-0.1, -0.05) is 32.0 Å². The highest BCUT2D eigenvalue weighted by Gasteiger charge is 2.14. The lowest BCUT2D eigenvalue weighted by Gasteiger charge is -2.04. The molecule has 0 aliphatic heterocycles. The molecule has 0 radical (unpaired) electrons. The number of benzene rings is 1. The fourth-order valence-corrected chi connectivity index (χ4v) is 3.69. The van der Waals surface area contributed by atoms with Gasteiger partial charge in [-0.15, -0.1) is 0 Å². The van der Waals surface area contributed by atoms with Crippen molar-refractivity contribution in [3.8, 4) is 11.1 Å². The predicted molar refractivity (Wildman–Crippen MR) is 95.3 cm³/mol. The molecule has 0 amide bonds. The van der Waals surface area contributed by atoms with Crippen LogP contribution in [0.3, 0.4) is 0 Å². The summed E-state index contributed by atoms with van der Waals surface area (Å²) in [5, 5.41) is 0. The summed E-state index contributed by atoms with van der Waals surface area (Å²) in [6.45, 7) is 3.69. The molecule has 0 atom stereocenters. The second kappa shape index (κ2) is 6.24. The number of hydrogen-bond acceptors (Lipinski definition) is 3. The van der Waals surface area contributed by atoms with Crippen molar-refractivity contribution < 1.29 is 13.2 Å². The van der Waals surface area contributed by atoms with E-state index < -0.39 is 9.84 Å². The van der Waals surface area contributed by atoms with E-state index in [1.807, 2.05) is 28.8 Å². The third kappa shape index (κ3) is 2.76. The Bertz CT molecular complexity index is 999. The summed E-state index contributed by atoms with van der Waals surface area (Å²) in [5.41, 5.74) is 4.30. The summed E-state index contributed by atoms with van der Waals surface area (Å²) in [5.74, 6) is 0.0713. The number of aryl methyl sites for hydroxylation is 1. The van der Waals surface area contributed by atoms with E-state index in [-0.39, 0.29) is 5.75 Å². The molecule has 0 fully saturated rings. The number of fused-ring (bicyclic) bond motifs is 1. The molecule has 0 spiro atoms. The number of carbonyl (C=O) groups is 1. The normalized spacial score (nSPS) is 11.8. The van der Waals surface area contributed by atoms with E-state index in [1.165, 1.54) is 0 Å². The zero-order chi connectivity index (χ0) is 17.3. The van der Waals surface area contributed by atoms with Crippen LogP contribution in [-0.2, 0) is 16.3 Å². The number of aldehydes is 1. The first-order valence-electron chi connectivity index (χ1n) is 7.92. The first-order chi connectivity index (χ1) is 11.5. The second-order valence-corrected chi connectivity index (χ2v) is 7.95. The van der Waals surface area contributed by atoms with Gasteiger partial charge in [0.1, 0.15) is 0 Å². The predicted octanol–water partition coefficient (Wildman–Crippen LogP) is 3.77. The Kier molecular flexibility index (Phi) is 4.28. The van der Waals surface area contributed by atoms with Crippen LogP contribution in [0.2, 0.25) is 0 Å². The summed E-state index contributed by atoms with van der Waals surface area (Å²) in [6, 6.07) is 12.7. The summed E-state index contributed by atoms with van der Waals surface area (Å²) in [6.07, 6.45) is 3.71. The molecule has 24 heavy (non-hydrogen) atoms. The largest absolute Gasteiger partial charge is 0.313 e. The molecule has 0 unspecified atom stereocenters. The third-order valence-corrected chi connectivity index (χ3v) is 6.04. The van der Waals surface area contributed by atoms with Crippen molar-refractivity contribution in [1.82, 2.24) is 4.40 Å². The van der Waals surface area contributed by atoms with Crippen LogP contribution >= 0.6 is 0 Å². The summed E-state index contributed by atoms with van der Waals surface area (Å²) >= 11 is 0. The lowest BCUT2D eigenvalue weighted by Crippen LogP contribution is -2.03. The van der Waals surface area contributed by atoms with Crippen LogP contribution in [0, 0.1) is 0 Å². The van der Waals surface area contributed by atoms with Crippen LogP contribution in [0.4, 0.5) is 0 Å². The molecule has 124 valence electrons. The average molecular weight is 341 g/mol. The molecule has 0 saturated heterocycles. The van der Waals surface area contributed by atoms with E-state index in [0.717, 1.165) is 34.9 Å². The van der Waals surface area contributed by atoms with Gasteiger partial charge in [0.25, 0.3) is 0 Å². The molecule has 0 aliphatic carbocycles. The highest BCUT2D eigenvalue weighted by molar-refractivity contribution is 7.91. The molecule has 3 aromatic rings. The monoisotopic (exact) mass is 341 g/mol. The zero-order valence-corrected chi connectivity index (χ0v) is 14.5. The zero-order valence-electron chi connectivity index (χ0n) is 13.7. The highest BCUT2D eigenvalue weighted by Crippen LogP contribution is 2.28. The van der Waals surface area contributed by atoms with Crippen LogP contribution < -0.4 is 0 Å². The third-order valence-electron chi connectivity index (χ3n) is 4.29. The van der Waals surface area contributed by atoms with Gasteiger partial charge in [-0.3, -0.25) is 4.79 Å². The van der Waals surface area contributed by atoms with E-state index in [4.69, 9.17) is 0 Å². The number of nitrogens with zero attached hydrogens (tertiary/aromatic N) is 1. The fourth-order valence-electron chi connectivity index (χ4n) is 2.80. The molecule has 4 nitrogen and oxygen atoms in total. The van der Waals surface area contributed by atoms with Crippen LogP contribution in [-0.4, -0.2) is 24.9 Å². The standard InChI is InChI=1S/C19H19NO3S/c1-3-14-5-8-16-11-18(19(13-21)20(16)12-14)15-6-9-17(10-7-15)24(22,23)4-2/h5-13H,3-4H2,1-2H3. The molecule has 0 N–H and O–H groups in total. The van der Waals surface area contributed by atoms with Gasteiger partial charge in [0.15, 0.2) is 16.1 Å². The van der Waals surface area contributed by atoms with Crippen molar-refractivity contribution in [3.63, 3.8) is 0 Å². The maximum atomic E-state index is 11.9. The van der Waals surface area contributed by atoms with E-state index in [2.05, 4.69) is 6.92 Å². The number of carbonyl (C=O) groups excluding carboxylic acids is 1. The van der Waals surface area contributed by atoms with Crippen LogP contribution in [0.25, 0.3) is 16.6 Å². The lowest BCUT2D eigenvalue weighted by molar-refractivity contribution is 0.111.